The average molecular weight is 273 g/mol. The molecule has 1 aliphatic rings. The number of hydrogen-bond donors (Lipinski definition) is 1. The fourth-order valence-electron chi connectivity index (χ4n) is 2.65. The van der Waals surface area contributed by atoms with Gasteiger partial charge in [-0.25, -0.2) is 0 Å². The zero-order valence-corrected chi connectivity index (χ0v) is 10.7. The van der Waals surface area contributed by atoms with Crippen molar-refractivity contribution >= 4 is 0 Å². The second kappa shape index (κ2) is 5.41. The van der Waals surface area contributed by atoms with Crippen molar-refractivity contribution in [1.29, 1.82) is 0 Å². The molecule has 1 aromatic carbocycles. The second-order valence-corrected chi connectivity index (χ2v) is 5.15. The predicted octanol–water partition coefficient (Wildman–Crippen LogP) is 4.09. The van der Waals surface area contributed by atoms with Crippen LogP contribution in [0.4, 0.5) is 13.2 Å². The van der Waals surface area contributed by atoms with E-state index in [-0.39, 0.29) is 5.75 Å². The molecule has 1 saturated carbocycles. The Morgan fingerprint density at radius 1 is 1.05 bits per heavy atom. The molecule has 0 spiro atoms. The lowest BCUT2D eigenvalue weighted by atomic mass is 9.84. The summed E-state index contributed by atoms with van der Waals surface area (Å²) in [6.45, 7) is 0. The summed E-state index contributed by atoms with van der Waals surface area (Å²) in [6, 6.07) is 6.07. The average Bonchev–Trinajstić information content (AvgIpc) is 2.53. The number of rotatable bonds is 2. The minimum atomic E-state index is -4.66. The van der Waals surface area contributed by atoms with Crippen LogP contribution in [0.3, 0.4) is 0 Å². The van der Waals surface area contributed by atoms with Crippen molar-refractivity contribution in [2.75, 3.05) is 0 Å². The Balaban J connectivity index is 2.21. The standard InChI is InChI=1S/C14H18F3NO/c15-14(16,17)19-12-7-5-6-11(10-12)13(18)8-3-1-2-4-9-13/h5-7,10H,1-4,8-9,18H2. The van der Waals surface area contributed by atoms with Gasteiger partial charge in [0.05, 0.1) is 0 Å². The van der Waals surface area contributed by atoms with Gasteiger partial charge in [-0.2, -0.15) is 0 Å². The van der Waals surface area contributed by atoms with Crippen LogP contribution in [0.5, 0.6) is 5.75 Å². The van der Waals surface area contributed by atoms with Crippen LogP contribution in [0.15, 0.2) is 24.3 Å². The quantitative estimate of drug-likeness (QED) is 0.823. The first kappa shape index (κ1) is 14.2. The van der Waals surface area contributed by atoms with Gasteiger partial charge in [0.15, 0.2) is 0 Å². The predicted molar refractivity (Wildman–Crippen MR) is 66.7 cm³/mol. The number of alkyl halides is 3. The topological polar surface area (TPSA) is 35.2 Å². The molecule has 0 amide bonds. The molecular weight excluding hydrogens is 255 g/mol. The van der Waals surface area contributed by atoms with Crippen LogP contribution >= 0.6 is 0 Å². The Morgan fingerprint density at radius 3 is 2.26 bits per heavy atom. The van der Waals surface area contributed by atoms with E-state index >= 15 is 0 Å². The van der Waals surface area contributed by atoms with E-state index in [2.05, 4.69) is 4.74 Å². The van der Waals surface area contributed by atoms with Crippen LogP contribution in [0.25, 0.3) is 0 Å². The molecule has 0 saturated heterocycles. The Hall–Kier alpha value is -1.23. The maximum atomic E-state index is 12.2. The molecule has 1 fully saturated rings. The summed E-state index contributed by atoms with van der Waals surface area (Å²) < 4.78 is 40.6. The van der Waals surface area contributed by atoms with E-state index in [1.807, 2.05) is 0 Å². The van der Waals surface area contributed by atoms with Gasteiger partial charge in [-0.3, -0.25) is 0 Å². The van der Waals surface area contributed by atoms with E-state index in [0.29, 0.717) is 0 Å². The molecule has 0 aromatic heterocycles. The number of nitrogens with two attached hydrogens (primary N) is 1. The third-order valence-electron chi connectivity index (χ3n) is 3.64. The molecule has 1 aromatic rings. The highest BCUT2D eigenvalue weighted by molar-refractivity contribution is 5.33. The number of ether oxygens (including phenoxy) is 1. The van der Waals surface area contributed by atoms with E-state index in [0.717, 1.165) is 44.1 Å². The second-order valence-electron chi connectivity index (χ2n) is 5.15. The minimum Gasteiger partial charge on any atom is -0.406 e. The smallest absolute Gasteiger partial charge is 0.406 e. The summed E-state index contributed by atoms with van der Waals surface area (Å²) in [4.78, 5) is 0. The SMILES string of the molecule is NC1(c2cccc(OC(F)(F)F)c2)CCCCCC1. The molecule has 0 bridgehead atoms. The highest BCUT2D eigenvalue weighted by Gasteiger charge is 2.33. The first-order chi connectivity index (χ1) is 8.89. The third-order valence-corrected chi connectivity index (χ3v) is 3.64. The Labute approximate surface area is 110 Å². The van der Waals surface area contributed by atoms with Gasteiger partial charge in [0.25, 0.3) is 0 Å². The van der Waals surface area contributed by atoms with Gasteiger partial charge in [0.2, 0.25) is 0 Å². The first-order valence-electron chi connectivity index (χ1n) is 6.54. The molecule has 0 atom stereocenters. The van der Waals surface area contributed by atoms with Gasteiger partial charge in [-0.15, -0.1) is 13.2 Å². The molecule has 2 N–H and O–H groups in total. The maximum absolute atomic E-state index is 12.2. The largest absolute Gasteiger partial charge is 0.573 e. The number of hydrogen-bond acceptors (Lipinski definition) is 2. The highest BCUT2D eigenvalue weighted by atomic mass is 19.4. The third kappa shape index (κ3) is 3.86. The van der Waals surface area contributed by atoms with Crippen molar-refractivity contribution in [2.45, 2.75) is 50.4 Å². The maximum Gasteiger partial charge on any atom is 0.573 e. The monoisotopic (exact) mass is 273 g/mol. The van der Waals surface area contributed by atoms with Crippen LogP contribution in [-0.2, 0) is 5.54 Å². The summed E-state index contributed by atoms with van der Waals surface area (Å²) in [7, 11) is 0. The van der Waals surface area contributed by atoms with E-state index in [1.54, 1.807) is 12.1 Å². The molecule has 0 heterocycles. The lowest BCUT2D eigenvalue weighted by Gasteiger charge is -2.29. The van der Waals surface area contributed by atoms with E-state index in [1.165, 1.54) is 12.1 Å². The van der Waals surface area contributed by atoms with Crippen molar-refractivity contribution in [2.24, 2.45) is 5.73 Å². The Morgan fingerprint density at radius 2 is 1.68 bits per heavy atom. The molecule has 2 nitrogen and oxygen atoms in total. The highest BCUT2D eigenvalue weighted by Crippen LogP contribution is 2.35. The molecule has 0 radical (unpaired) electrons. The van der Waals surface area contributed by atoms with Crippen molar-refractivity contribution in [3.63, 3.8) is 0 Å². The van der Waals surface area contributed by atoms with Crippen LogP contribution in [0, 0.1) is 0 Å². The zero-order valence-electron chi connectivity index (χ0n) is 10.7. The summed E-state index contributed by atoms with van der Waals surface area (Å²) in [6.07, 6.45) is 1.26. The van der Waals surface area contributed by atoms with Crippen molar-refractivity contribution in [3.05, 3.63) is 29.8 Å². The van der Waals surface area contributed by atoms with Crippen molar-refractivity contribution < 1.29 is 17.9 Å². The minimum absolute atomic E-state index is 0.195. The first-order valence-corrected chi connectivity index (χ1v) is 6.54. The normalized spacial score (nSPS) is 19.8. The van der Waals surface area contributed by atoms with E-state index < -0.39 is 11.9 Å². The van der Waals surface area contributed by atoms with Crippen molar-refractivity contribution in [1.82, 2.24) is 0 Å². The lowest BCUT2D eigenvalue weighted by molar-refractivity contribution is -0.274. The molecule has 2 rings (SSSR count). The van der Waals surface area contributed by atoms with Gasteiger partial charge < -0.3 is 10.5 Å². The zero-order chi connectivity index (χ0) is 13.9. The van der Waals surface area contributed by atoms with Gasteiger partial charge in [0, 0.05) is 5.54 Å². The number of benzene rings is 1. The summed E-state index contributed by atoms with van der Waals surface area (Å²) in [5.41, 5.74) is 6.58. The van der Waals surface area contributed by atoms with E-state index in [9.17, 15) is 13.2 Å². The van der Waals surface area contributed by atoms with E-state index in [4.69, 9.17) is 5.73 Å². The number of halogens is 3. The molecule has 0 unspecified atom stereocenters. The van der Waals surface area contributed by atoms with Gasteiger partial charge in [0.1, 0.15) is 5.75 Å². The molecule has 0 aliphatic heterocycles. The Kier molecular flexibility index (Phi) is 4.04. The van der Waals surface area contributed by atoms with Crippen LogP contribution < -0.4 is 10.5 Å². The summed E-state index contributed by atoms with van der Waals surface area (Å²) in [5, 5.41) is 0. The molecule has 1 aliphatic carbocycles. The summed E-state index contributed by atoms with van der Waals surface area (Å²) in [5.74, 6) is -0.195. The summed E-state index contributed by atoms with van der Waals surface area (Å²) >= 11 is 0. The van der Waals surface area contributed by atoms with Gasteiger partial charge >= 0.3 is 6.36 Å². The van der Waals surface area contributed by atoms with Gasteiger partial charge in [-0.1, -0.05) is 37.8 Å². The fraction of sp³-hybridized carbons (Fsp3) is 0.571. The molecule has 5 heteroatoms. The van der Waals surface area contributed by atoms with Crippen LogP contribution in [0.1, 0.15) is 44.1 Å². The van der Waals surface area contributed by atoms with Crippen molar-refractivity contribution in [3.8, 4) is 5.75 Å². The van der Waals surface area contributed by atoms with Crippen LogP contribution in [0.2, 0.25) is 0 Å². The Bertz CT molecular complexity index is 423. The van der Waals surface area contributed by atoms with Gasteiger partial charge in [-0.05, 0) is 30.5 Å². The lowest BCUT2D eigenvalue weighted by Crippen LogP contribution is -2.36. The molecular formula is C14H18F3NO. The molecule has 106 valence electrons. The fourth-order valence-corrected chi connectivity index (χ4v) is 2.65. The molecule has 19 heavy (non-hydrogen) atoms. The van der Waals surface area contributed by atoms with Crippen LogP contribution in [-0.4, -0.2) is 6.36 Å².